The van der Waals surface area contributed by atoms with Gasteiger partial charge in [-0.05, 0) is 48.6 Å². The van der Waals surface area contributed by atoms with E-state index < -0.39 is 62.0 Å². The molecule has 228 valence electrons. The predicted octanol–water partition coefficient (Wildman–Crippen LogP) is 4.77. The monoisotopic (exact) mass is 703 g/mol. The van der Waals surface area contributed by atoms with Crippen molar-refractivity contribution < 1.29 is 33.9 Å². The summed E-state index contributed by atoms with van der Waals surface area (Å²) in [6.45, 7) is 0. The lowest BCUT2D eigenvalue weighted by atomic mass is 9.57. The summed E-state index contributed by atoms with van der Waals surface area (Å²) in [6.07, 6.45) is 5.14. The van der Waals surface area contributed by atoms with Gasteiger partial charge in [-0.3, -0.25) is 39.1 Å². The zero-order chi connectivity index (χ0) is 31.7. The lowest BCUT2D eigenvalue weighted by molar-refractivity contribution is -0.384. The van der Waals surface area contributed by atoms with Crippen molar-refractivity contribution in [1.82, 2.24) is 4.90 Å². The number of hydrogen-bond donors (Lipinski definition) is 1. The maximum absolute atomic E-state index is 14.0. The molecule has 0 bridgehead atoms. The Morgan fingerprint density at radius 3 is 2.43 bits per heavy atom. The largest absolute Gasteiger partial charge is 0.504 e. The first-order valence-corrected chi connectivity index (χ1v) is 15.4. The third-order valence-electron chi connectivity index (χ3n) is 9.07. The number of carbonyl (C=O) groups is 4. The van der Waals surface area contributed by atoms with E-state index in [1.807, 2.05) is 0 Å². The van der Waals surface area contributed by atoms with Gasteiger partial charge in [0, 0.05) is 18.1 Å². The molecule has 44 heavy (non-hydrogen) atoms. The van der Waals surface area contributed by atoms with E-state index in [9.17, 15) is 34.4 Å². The Hall–Kier alpha value is -3.74. The molecule has 0 radical (unpaired) electrons. The molecule has 2 aromatic carbocycles. The summed E-state index contributed by atoms with van der Waals surface area (Å²) in [6, 6.07) is 9.78. The van der Waals surface area contributed by atoms with Crippen LogP contribution in [0.5, 0.6) is 11.5 Å². The molecule has 3 fully saturated rings. The number of non-ortho nitro benzene ring substituents is 1. The van der Waals surface area contributed by atoms with E-state index in [1.54, 1.807) is 30.4 Å². The number of amides is 4. The van der Waals surface area contributed by atoms with Crippen molar-refractivity contribution in [3.63, 3.8) is 0 Å². The highest BCUT2D eigenvalue weighted by molar-refractivity contribution is 9.09. The summed E-state index contributed by atoms with van der Waals surface area (Å²) in [7, 11) is 1.41. The second-order valence-electron chi connectivity index (χ2n) is 11.1. The number of phenols is 1. The minimum absolute atomic E-state index is 0.0662. The van der Waals surface area contributed by atoms with Crippen molar-refractivity contribution >= 4 is 80.2 Å². The molecule has 2 aliphatic carbocycles. The zero-order valence-electron chi connectivity index (χ0n) is 23.0. The number of nitro benzene ring substituents is 1. The average molecular weight is 705 g/mol. The van der Waals surface area contributed by atoms with Gasteiger partial charge < -0.3 is 9.84 Å². The number of benzene rings is 2. The summed E-state index contributed by atoms with van der Waals surface area (Å²) in [4.78, 5) is 63.7. The Labute approximate surface area is 269 Å². The van der Waals surface area contributed by atoms with Crippen LogP contribution in [-0.2, 0) is 19.2 Å². The normalized spacial score (nSPS) is 31.2. The number of hydrogen-bond acceptors (Lipinski definition) is 8. The number of phenolic OH excluding ortho intramolecular Hbond substituents is 1. The lowest BCUT2D eigenvalue weighted by Crippen LogP contribution is -2.60. The van der Waals surface area contributed by atoms with Gasteiger partial charge >= 0.3 is 0 Å². The second kappa shape index (κ2) is 10.7. The highest BCUT2D eigenvalue weighted by atomic mass is 79.9. The van der Waals surface area contributed by atoms with Gasteiger partial charge in [-0.1, -0.05) is 45.8 Å². The molecule has 6 rings (SSSR count). The first-order chi connectivity index (χ1) is 20.9. The maximum Gasteiger partial charge on any atom is 0.269 e. The average Bonchev–Trinajstić information content (AvgIpc) is 3.34. The number of ether oxygens (including phenoxy) is 1. The van der Waals surface area contributed by atoms with Gasteiger partial charge in [-0.2, -0.15) is 0 Å². The van der Waals surface area contributed by atoms with Crippen LogP contribution in [0.1, 0.15) is 18.4 Å². The molecule has 4 amide bonds. The first-order valence-electron chi connectivity index (χ1n) is 13.6. The van der Waals surface area contributed by atoms with Crippen molar-refractivity contribution in [2.45, 2.75) is 22.6 Å². The highest BCUT2D eigenvalue weighted by Gasteiger charge is 2.75. The number of allylic oxidation sites excluding steroid dienone is 3. The van der Waals surface area contributed by atoms with Crippen molar-refractivity contribution in [2.75, 3.05) is 17.5 Å². The SMILES string of the molecule is COc1cc(C=CC2C3=CCC4C(=O)N(c5ccc([N+](=O)[O-])cc5)C(=O)C4C3CC3(Cl)C(=O)N(CBr)C(=O)C23Cl)ccc1O. The van der Waals surface area contributed by atoms with Crippen molar-refractivity contribution in [1.29, 1.82) is 0 Å². The molecule has 2 saturated heterocycles. The number of nitrogens with zero attached hydrogens (tertiary/aromatic N) is 3. The summed E-state index contributed by atoms with van der Waals surface area (Å²) < 4.78 is 5.20. The number of carbonyl (C=O) groups excluding carboxylic acids is 4. The van der Waals surface area contributed by atoms with Crippen LogP contribution in [-0.4, -0.2) is 60.9 Å². The van der Waals surface area contributed by atoms with Crippen LogP contribution in [0.25, 0.3) is 6.08 Å². The number of methoxy groups -OCH3 is 1. The van der Waals surface area contributed by atoms with Gasteiger partial charge in [0.25, 0.3) is 17.5 Å². The highest BCUT2D eigenvalue weighted by Crippen LogP contribution is 2.63. The van der Waals surface area contributed by atoms with E-state index in [-0.39, 0.29) is 41.2 Å². The van der Waals surface area contributed by atoms with Crippen molar-refractivity contribution in [3.8, 4) is 11.5 Å². The standard InChI is InChI=1S/C30H24BrCl2N3O8/c1-44-23-12-15(3-11-22(23)37)2-10-21-18-8-9-19-24(20(18)13-29(32)27(40)34(14-31)28(41)30(21,29)33)26(39)35(25(19)38)16-4-6-17(7-5-16)36(42)43/h2-8,10-12,19-21,24,37H,9,13-14H2,1H3. The molecule has 1 saturated carbocycles. The molecule has 2 aromatic rings. The summed E-state index contributed by atoms with van der Waals surface area (Å²) in [5.74, 6) is -5.54. The Bertz CT molecular complexity index is 1700. The van der Waals surface area contributed by atoms with Crippen LogP contribution in [0.4, 0.5) is 11.4 Å². The fraction of sp³-hybridized carbons (Fsp3) is 0.333. The lowest BCUT2D eigenvalue weighted by Gasteiger charge is -2.49. The molecule has 2 heterocycles. The van der Waals surface area contributed by atoms with Gasteiger partial charge in [0.05, 0.1) is 35.0 Å². The molecule has 6 atom stereocenters. The fourth-order valence-electron chi connectivity index (χ4n) is 6.98. The number of aromatic hydroxyl groups is 1. The van der Waals surface area contributed by atoms with E-state index in [4.69, 9.17) is 27.9 Å². The Kier molecular flexibility index (Phi) is 7.37. The molecule has 1 N–H and O–H groups in total. The molecule has 4 aliphatic rings. The molecule has 11 nitrogen and oxygen atoms in total. The van der Waals surface area contributed by atoms with Gasteiger partial charge in [-0.15, -0.1) is 23.2 Å². The van der Waals surface area contributed by atoms with Crippen LogP contribution in [0.2, 0.25) is 0 Å². The molecular formula is C30H24BrCl2N3O8. The Morgan fingerprint density at radius 1 is 1.09 bits per heavy atom. The minimum atomic E-state index is -1.94. The number of imide groups is 2. The number of halogens is 3. The fourth-order valence-corrected chi connectivity index (χ4v) is 8.37. The van der Waals surface area contributed by atoms with Gasteiger partial charge in [0.15, 0.2) is 21.2 Å². The minimum Gasteiger partial charge on any atom is -0.504 e. The number of anilines is 1. The summed E-state index contributed by atoms with van der Waals surface area (Å²) >= 11 is 17.5. The van der Waals surface area contributed by atoms with Gasteiger partial charge in [-0.25, -0.2) is 0 Å². The van der Waals surface area contributed by atoms with E-state index in [0.717, 1.165) is 9.80 Å². The number of alkyl halides is 3. The second-order valence-corrected chi connectivity index (χ2v) is 12.8. The Balaban J connectivity index is 1.44. The van der Waals surface area contributed by atoms with Gasteiger partial charge in [0.2, 0.25) is 11.8 Å². The number of rotatable bonds is 6. The topological polar surface area (TPSA) is 147 Å². The quantitative estimate of drug-likeness (QED) is 0.113. The van der Waals surface area contributed by atoms with Crippen LogP contribution < -0.4 is 9.64 Å². The number of likely N-dealkylation sites (tertiary alicyclic amines) is 1. The maximum atomic E-state index is 14.0. The van der Waals surface area contributed by atoms with Crippen LogP contribution in [0, 0.1) is 33.8 Å². The molecule has 14 heteroatoms. The van der Waals surface area contributed by atoms with Crippen LogP contribution in [0.3, 0.4) is 0 Å². The first kappa shape index (κ1) is 30.3. The third kappa shape index (κ3) is 4.14. The molecular weight excluding hydrogens is 681 g/mol. The molecule has 0 aromatic heterocycles. The summed E-state index contributed by atoms with van der Waals surface area (Å²) in [5.41, 5.74) is 1.08. The number of fused-ring (bicyclic) bond motifs is 4. The zero-order valence-corrected chi connectivity index (χ0v) is 26.1. The number of nitro groups is 1. The third-order valence-corrected chi connectivity index (χ3v) is 11.0. The van der Waals surface area contributed by atoms with Crippen LogP contribution in [0.15, 0.2) is 60.2 Å². The van der Waals surface area contributed by atoms with E-state index in [2.05, 4.69) is 15.9 Å². The van der Waals surface area contributed by atoms with Crippen LogP contribution >= 0.6 is 39.1 Å². The van der Waals surface area contributed by atoms with Crippen molar-refractivity contribution in [2.24, 2.45) is 23.7 Å². The van der Waals surface area contributed by atoms with E-state index in [0.29, 0.717) is 11.1 Å². The van der Waals surface area contributed by atoms with Crippen molar-refractivity contribution in [3.05, 3.63) is 75.9 Å². The Morgan fingerprint density at radius 2 is 1.80 bits per heavy atom. The molecule has 0 spiro atoms. The molecule has 6 unspecified atom stereocenters. The van der Waals surface area contributed by atoms with E-state index in [1.165, 1.54) is 37.4 Å². The molecule has 2 aliphatic heterocycles. The van der Waals surface area contributed by atoms with Gasteiger partial charge in [0.1, 0.15) is 0 Å². The predicted molar refractivity (Wildman–Crippen MR) is 163 cm³/mol. The summed E-state index contributed by atoms with van der Waals surface area (Å²) in [5, 5.41) is 21.2. The smallest absolute Gasteiger partial charge is 0.269 e. The van der Waals surface area contributed by atoms with E-state index >= 15 is 0 Å².